The molecular weight excluding hydrogens is 194 g/mol. The van der Waals surface area contributed by atoms with Crippen molar-refractivity contribution in [3.63, 3.8) is 0 Å². The molecule has 0 atom stereocenters. The summed E-state index contributed by atoms with van der Waals surface area (Å²) in [6, 6.07) is 0. The van der Waals surface area contributed by atoms with Gasteiger partial charge in [0.2, 0.25) is 11.8 Å². The van der Waals surface area contributed by atoms with Crippen LogP contribution in [0.5, 0.6) is 0 Å². The summed E-state index contributed by atoms with van der Waals surface area (Å²) in [6.45, 7) is 3.87. The zero-order chi connectivity index (χ0) is 11.1. The molecule has 0 unspecified atom stereocenters. The predicted octanol–water partition coefficient (Wildman–Crippen LogP) is -0.842. The maximum absolute atomic E-state index is 11.2. The second-order valence-electron chi connectivity index (χ2n) is 3.50. The van der Waals surface area contributed by atoms with Crippen LogP contribution in [0, 0.1) is 0 Å². The minimum atomic E-state index is -0.189. The molecule has 0 aliphatic carbocycles. The van der Waals surface area contributed by atoms with Gasteiger partial charge in [-0.05, 0) is 13.0 Å². The fraction of sp³-hybridized carbons (Fsp3) is 0.600. The lowest BCUT2D eigenvalue weighted by Crippen LogP contribution is -2.37. The van der Waals surface area contributed by atoms with Crippen LogP contribution in [0.1, 0.15) is 13.3 Å². The molecule has 84 valence electrons. The summed E-state index contributed by atoms with van der Waals surface area (Å²) in [6.07, 6.45) is 3.06. The first-order chi connectivity index (χ1) is 7.18. The Hall–Kier alpha value is -1.36. The molecule has 5 nitrogen and oxygen atoms in total. The van der Waals surface area contributed by atoms with Gasteiger partial charge in [0.05, 0.1) is 6.54 Å². The summed E-state index contributed by atoms with van der Waals surface area (Å²) in [5, 5.41) is 8.40. The molecular formula is C10H17N3O2. The molecule has 0 aromatic rings. The van der Waals surface area contributed by atoms with Gasteiger partial charge < -0.3 is 16.0 Å². The molecule has 0 aromatic heterocycles. The molecule has 0 aromatic carbocycles. The third kappa shape index (κ3) is 5.17. The third-order valence-electron chi connectivity index (χ3n) is 2.17. The van der Waals surface area contributed by atoms with E-state index in [4.69, 9.17) is 0 Å². The van der Waals surface area contributed by atoms with E-state index in [0.29, 0.717) is 6.54 Å². The van der Waals surface area contributed by atoms with Crippen LogP contribution in [0.25, 0.3) is 0 Å². The first-order valence-corrected chi connectivity index (χ1v) is 5.08. The van der Waals surface area contributed by atoms with E-state index < -0.39 is 0 Å². The van der Waals surface area contributed by atoms with E-state index in [1.165, 1.54) is 12.5 Å². The highest BCUT2D eigenvalue weighted by atomic mass is 16.2. The molecule has 0 spiro atoms. The smallest absolute Gasteiger partial charge is 0.239 e. The SMILES string of the molecule is CC(=O)NCC(=O)NCC1=CCNCC1. The van der Waals surface area contributed by atoms with E-state index >= 15 is 0 Å². The zero-order valence-electron chi connectivity index (χ0n) is 8.93. The molecule has 2 amide bonds. The molecule has 3 N–H and O–H groups in total. The highest BCUT2D eigenvalue weighted by Gasteiger charge is 2.05. The number of carbonyl (C=O) groups excluding carboxylic acids is 2. The molecule has 1 aliphatic rings. The number of hydrogen-bond donors (Lipinski definition) is 3. The normalized spacial score (nSPS) is 15.4. The Labute approximate surface area is 89.3 Å². The van der Waals surface area contributed by atoms with Crippen LogP contribution >= 0.6 is 0 Å². The lowest BCUT2D eigenvalue weighted by molar-refractivity contribution is -0.124. The van der Waals surface area contributed by atoms with Crippen molar-refractivity contribution in [2.45, 2.75) is 13.3 Å². The van der Waals surface area contributed by atoms with Crippen molar-refractivity contribution in [3.8, 4) is 0 Å². The Kier molecular flexibility index (Phi) is 4.83. The number of nitrogens with one attached hydrogen (secondary N) is 3. The van der Waals surface area contributed by atoms with Gasteiger partial charge in [-0.15, -0.1) is 0 Å². The zero-order valence-corrected chi connectivity index (χ0v) is 8.93. The highest BCUT2D eigenvalue weighted by molar-refractivity contribution is 5.83. The van der Waals surface area contributed by atoms with Crippen LogP contribution in [0.2, 0.25) is 0 Å². The summed E-state index contributed by atoms with van der Waals surface area (Å²) in [5.74, 6) is -0.337. The van der Waals surface area contributed by atoms with Crippen molar-refractivity contribution in [1.82, 2.24) is 16.0 Å². The summed E-state index contributed by atoms with van der Waals surface area (Å²) in [7, 11) is 0. The summed E-state index contributed by atoms with van der Waals surface area (Å²) in [5.41, 5.74) is 1.24. The highest BCUT2D eigenvalue weighted by Crippen LogP contribution is 2.01. The van der Waals surface area contributed by atoms with Crippen molar-refractivity contribution in [1.29, 1.82) is 0 Å². The second kappa shape index (κ2) is 6.19. The van der Waals surface area contributed by atoms with Gasteiger partial charge in [0.15, 0.2) is 0 Å². The van der Waals surface area contributed by atoms with Gasteiger partial charge in [0.25, 0.3) is 0 Å². The van der Waals surface area contributed by atoms with Crippen LogP contribution < -0.4 is 16.0 Å². The van der Waals surface area contributed by atoms with Gasteiger partial charge in [-0.3, -0.25) is 9.59 Å². The Morgan fingerprint density at radius 1 is 1.47 bits per heavy atom. The number of carbonyl (C=O) groups is 2. The topological polar surface area (TPSA) is 70.2 Å². The Bertz CT molecular complexity index is 274. The van der Waals surface area contributed by atoms with Crippen molar-refractivity contribution in [2.75, 3.05) is 26.2 Å². The summed E-state index contributed by atoms with van der Waals surface area (Å²) in [4.78, 5) is 21.8. The van der Waals surface area contributed by atoms with Crippen LogP contribution in [-0.4, -0.2) is 38.0 Å². The molecule has 0 radical (unpaired) electrons. The molecule has 0 fully saturated rings. The summed E-state index contributed by atoms with van der Waals surface area (Å²) < 4.78 is 0. The van der Waals surface area contributed by atoms with E-state index in [0.717, 1.165) is 19.5 Å². The van der Waals surface area contributed by atoms with E-state index in [2.05, 4.69) is 22.0 Å². The third-order valence-corrected chi connectivity index (χ3v) is 2.17. The first-order valence-electron chi connectivity index (χ1n) is 5.08. The maximum atomic E-state index is 11.2. The van der Waals surface area contributed by atoms with Gasteiger partial charge in [0.1, 0.15) is 0 Å². The van der Waals surface area contributed by atoms with Gasteiger partial charge in [0, 0.05) is 20.0 Å². The molecule has 0 saturated heterocycles. The first kappa shape index (κ1) is 11.7. The van der Waals surface area contributed by atoms with Gasteiger partial charge in [-0.2, -0.15) is 0 Å². The number of amides is 2. The number of hydrogen-bond acceptors (Lipinski definition) is 3. The van der Waals surface area contributed by atoms with E-state index in [-0.39, 0.29) is 18.4 Å². The lowest BCUT2D eigenvalue weighted by atomic mass is 10.1. The summed E-state index contributed by atoms with van der Waals surface area (Å²) >= 11 is 0. The lowest BCUT2D eigenvalue weighted by Gasteiger charge is -2.14. The number of rotatable bonds is 4. The van der Waals surface area contributed by atoms with Gasteiger partial charge >= 0.3 is 0 Å². The molecule has 5 heteroatoms. The second-order valence-corrected chi connectivity index (χ2v) is 3.50. The quantitative estimate of drug-likeness (QED) is 0.531. The van der Waals surface area contributed by atoms with Crippen LogP contribution in [-0.2, 0) is 9.59 Å². The van der Waals surface area contributed by atoms with Crippen LogP contribution in [0.3, 0.4) is 0 Å². The van der Waals surface area contributed by atoms with Crippen molar-refractivity contribution >= 4 is 11.8 Å². The largest absolute Gasteiger partial charge is 0.351 e. The molecule has 15 heavy (non-hydrogen) atoms. The maximum Gasteiger partial charge on any atom is 0.239 e. The molecule has 0 bridgehead atoms. The minimum absolute atomic E-state index is 0.0564. The minimum Gasteiger partial charge on any atom is -0.351 e. The fourth-order valence-corrected chi connectivity index (χ4v) is 1.31. The van der Waals surface area contributed by atoms with E-state index in [1.807, 2.05) is 0 Å². The van der Waals surface area contributed by atoms with Gasteiger partial charge in [-0.1, -0.05) is 11.6 Å². The fourth-order valence-electron chi connectivity index (χ4n) is 1.31. The average Bonchev–Trinajstić information content (AvgIpc) is 2.25. The standard InChI is InChI=1S/C10H17N3O2/c1-8(14)12-7-10(15)13-6-9-2-4-11-5-3-9/h2,11H,3-7H2,1H3,(H,12,14)(H,13,15). The molecule has 0 saturated carbocycles. The average molecular weight is 211 g/mol. The van der Waals surface area contributed by atoms with Crippen molar-refractivity contribution < 1.29 is 9.59 Å². The van der Waals surface area contributed by atoms with Crippen molar-refractivity contribution in [2.24, 2.45) is 0 Å². The monoisotopic (exact) mass is 211 g/mol. The van der Waals surface area contributed by atoms with E-state index in [9.17, 15) is 9.59 Å². The predicted molar refractivity (Wildman–Crippen MR) is 57.3 cm³/mol. The van der Waals surface area contributed by atoms with Crippen molar-refractivity contribution in [3.05, 3.63) is 11.6 Å². The molecule has 1 rings (SSSR count). The van der Waals surface area contributed by atoms with Crippen LogP contribution in [0.4, 0.5) is 0 Å². The van der Waals surface area contributed by atoms with E-state index in [1.54, 1.807) is 0 Å². The Morgan fingerprint density at radius 2 is 2.27 bits per heavy atom. The van der Waals surface area contributed by atoms with Crippen LogP contribution in [0.15, 0.2) is 11.6 Å². The molecule has 1 aliphatic heterocycles. The Balaban J connectivity index is 2.15. The Morgan fingerprint density at radius 3 is 2.87 bits per heavy atom. The molecule has 1 heterocycles. The van der Waals surface area contributed by atoms with Gasteiger partial charge in [-0.25, -0.2) is 0 Å².